The lowest BCUT2D eigenvalue weighted by molar-refractivity contribution is -0.937. The van der Waals surface area contributed by atoms with Crippen LogP contribution < -0.4 is 9.46 Å². The first-order valence-corrected chi connectivity index (χ1v) is 15.0. The van der Waals surface area contributed by atoms with Crippen LogP contribution in [0.4, 0.5) is 0 Å². The highest BCUT2D eigenvalue weighted by Gasteiger charge is 2.29. The molecular weight excluding hydrogens is 548 g/mol. The van der Waals surface area contributed by atoms with E-state index < -0.39 is 10.6 Å². The van der Waals surface area contributed by atoms with Crippen molar-refractivity contribution in [2.24, 2.45) is 0 Å². The van der Waals surface area contributed by atoms with Gasteiger partial charge in [-0.15, -0.1) is 10.6 Å². The quantitative estimate of drug-likeness (QED) is 0.138. The van der Waals surface area contributed by atoms with Gasteiger partial charge in [0.15, 0.2) is 0 Å². The number of thioether (sulfide) groups is 1. The molecule has 0 spiro atoms. The molecule has 2 aromatic carbocycles. The Morgan fingerprint density at radius 2 is 1.15 bits per heavy atom. The average molecular weight is 591 g/mol. The summed E-state index contributed by atoms with van der Waals surface area (Å²) in [6.07, 6.45) is 0. The summed E-state index contributed by atoms with van der Waals surface area (Å²) in [4.78, 5) is 0. The molecule has 8 nitrogen and oxygen atoms in total. The molecule has 0 aliphatic carbocycles. The molecular formula is C30H42N2O6S2+2. The Morgan fingerprint density at radius 1 is 0.650 bits per heavy atom. The molecule has 4 aromatic rings. The second-order valence-electron chi connectivity index (χ2n) is 9.59. The Labute approximate surface area is 242 Å². The van der Waals surface area contributed by atoms with Crippen LogP contribution >= 0.6 is 22.4 Å². The fraction of sp³-hybridized carbons (Fsp3) is 0.267. The number of hydrogen-bond acceptors (Lipinski definition) is 5. The maximum Gasteiger partial charge on any atom is 0.345 e. The normalized spacial score (nSPS) is 11.0. The minimum atomic E-state index is -3.09. The fourth-order valence-corrected chi connectivity index (χ4v) is 6.55. The van der Waals surface area contributed by atoms with Crippen molar-refractivity contribution in [1.29, 1.82) is 0 Å². The van der Waals surface area contributed by atoms with Crippen LogP contribution in [-0.4, -0.2) is 30.5 Å². The first kappa shape index (κ1) is 34.9. The Balaban J connectivity index is 0.000000383. The first-order chi connectivity index (χ1) is 17.9. The van der Waals surface area contributed by atoms with Gasteiger partial charge in [-0.2, -0.15) is 0 Å². The zero-order chi connectivity index (χ0) is 28.0. The largest absolute Gasteiger partial charge is 0.412 e. The van der Waals surface area contributed by atoms with E-state index in [1.54, 1.807) is 30.8 Å². The molecule has 0 bridgehead atoms. The predicted molar refractivity (Wildman–Crippen MR) is 161 cm³/mol. The third kappa shape index (κ3) is 8.95. The van der Waals surface area contributed by atoms with Gasteiger partial charge in [0.05, 0.1) is 5.75 Å². The predicted octanol–water partition coefficient (Wildman–Crippen LogP) is 5.23. The molecule has 0 atom stereocenters. The second kappa shape index (κ2) is 15.0. The average Bonchev–Trinajstić information content (AvgIpc) is 2.86. The van der Waals surface area contributed by atoms with Crippen LogP contribution in [0.15, 0.2) is 82.8 Å². The van der Waals surface area contributed by atoms with Gasteiger partial charge < -0.3 is 11.0 Å². The van der Waals surface area contributed by atoms with Crippen LogP contribution in [-0.2, 0) is 11.5 Å². The van der Waals surface area contributed by atoms with Gasteiger partial charge in [-0.1, -0.05) is 47.5 Å². The molecule has 0 radical (unpaired) electrons. The van der Waals surface area contributed by atoms with Crippen molar-refractivity contribution in [1.82, 2.24) is 0 Å². The van der Waals surface area contributed by atoms with Gasteiger partial charge in [0.25, 0.3) is 5.03 Å². The molecule has 0 aliphatic rings. The van der Waals surface area contributed by atoms with Crippen LogP contribution in [0, 0.1) is 41.5 Å². The lowest BCUT2D eigenvalue weighted by Crippen LogP contribution is -2.39. The zero-order valence-corrected chi connectivity index (χ0v) is 25.5. The third-order valence-corrected chi connectivity index (χ3v) is 9.07. The SMILES string of the molecule is Cc1ccc(C)c(CS(O)(O)c2cccc(C)[n+]2O)c1.Cc1ccc(C)c(CSc2cccc(C)[n+]2O)c1.O.O. The summed E-state index contributed by atoms with van der Waals surface area (Å²) < 4.78 is 22.9. The van der Waals surface area contributed by atoms with E-state index in [0.717, 1.165) is 37.9 Å². The van der Waals surface area contributed by atoms with Crippen molar-refractivity contribution in [3.05, 3.63) is 118 Å². The lowest BCUT2D eigenvalue weighted by atomic mass is 10.1. The monoisotopic (exact) mass is 590 g/mol. The summed E-state index contributed by atoms with van der Waals surface area (Å²) in [6.45, 7) is 11.7. The number of nitrogens with zero attached hydrogens (tertiary/aromatic N) is 2. The van der Waals surface area contributed by atoms with Gasteiger partial charge in [0, 0.05) is 53.3 Å². The first-order valence-electron chi connectivity index (χ1n) is 12.3. The molecule has 8 N–H and O–H groups in total. The highest BCUT2D eigenvalue weighted by molar-refractivity contribution is 8.23. The Hall–Kier alpha value is -3.12. The van der Waals surface area contributed by atoms with Crippen molar-refractivity contribution >= 4 is 22.4 Å². The molecule has 0 saturated heterocycles. The maximum absolute atomic E-state index is 10.4. The number of aromatic nitrogens is 2. The summed E-state index contributed by atoms with van der Waals surface area (Å²) in [5, 5.41) is 20.9. The lowest BCUT2D eigenvalue weighted by Gasteiger charge is -2.28. The van der Waals surface area contributed by atoms with Crippen molar-refractivity contribution in [3.8, 4) is 0 Å². The number of rotatable bonds is 6. The standard InChI is InChI=1S/C15H19NO3S.C15H18NOS.2H2O/c1-11-7-8-12(2)14(9-11)10-20(18,19)15-6-4-5-13(3)16(15)17;1-11-7-8-12(2)14(9-11)10-18-15-6-4-5-13(3)16(15)17;;/h4-9H,10H2,1-3H3,(H2-,17,18,19);4-9,17H,10H2,1-3H3;2*1H2/q;+1;;/p+1. The highest BCUT2D eigenvalue weighted by Crippen LogP contribution is 2.49. The molecule has 0 aliphatic heterocycles. The minimum absolute atomic E-state index is 0. The minimum Gasteiger partial charge on any atom is -0.412 e. The van der Waals surface area contributed by atoms with Crippen molar-refractivity contribution in [2.45, 2.75) is 63.1 Å². The molecule has 0 saturated carbocycles. The molecule has 2 aromatic heterocycles. The number of hydrogen-bond donors (Lipinski definition) is 4. The number of pyridine rings is 2. The zero-order valence-electron chi connectivity index (χ0n) is 23.8. The smallest absolute Gasteiger partial charge is 0.345 e. The Morgan fingerprint density at radius 3 is 1.75 bits per heavy atom. The second-order valence-corrected chi connectivity index (χ2v) is 12.6. The molecule has 0 fully saturated rings. The molecule has 10 heteroatoms. The van der Waals surface area contributed by atoms with Crippen molar-refractivity contribution in [3.63, 3.8) is 0 Å². The third-order valence-electron chi connectivity index (χ3n) is 6.31. The molecule has 2 heterocycles. The molecule has 0 amide bonds. The van der Waals surface area contributed by atoms with Gasteiger partial charge in [0.2, 0.25) is 11.4 Å². The van der Waals surface area contributed by atoms with E-state index in [2.05, 4.69) is 32.0 Å². The summed E-state index contributed by atoms with van der Waals surface area (Å²) in [5.74, 6) is 0.974. The van der Waals surface area contributed by atoms with Crippen molar-refractivity contribution in [2.75, 3.05) is 0 Å². The number of aryl methyl sites for hydroxylation is 6. The maximum atomic E-state index is 10.4. The van der Waals surface area contributed by atoms with Crippen LogP contribution in [0.1, 0.15) is 44.8 Å². The van der Waals surface area contributed by atoms with E-state index in [9.17, 15) is 19.5 Å². The van der Waals surface area contributed by atoms with E-state index in [1.807, 2.05) is 57.2 Å². The van der Waals surface area contributed by atoms with Crippen LogP contribution in [0.2, 0.25) is 0 Å². The summed E-state index contributed by atoms with van der Waals surface area (Å²) in [5.41, 5.74) is 8.26. The van der Waals surface area contributed by atoms with Gasteiger partial charge >= 0.3 is 5.03 Å². The van der Waals surface area contributed by atoms with E-state index in [0.29, 0.717) is 5.69 Å². The molecule has 218 valence electrons. The fourth-order valence-electron chi connectivity index (χ4n) is 3.88. The summed E-state index contributed by atoms with van der Waals surface area (Å²) in [7, 11) is -3.09. The molecule has 0 unspecified atom stereocenters. The van der Waals surface area contributed by atoms with E-state index >= 15 is 0 Å². The topological polar surface area (TPSA) is 152 Å². The van der Waals surface area contributed by atoms with Crippen LogP contribution in [0.25, 0.3) is 0 Å². The van der Waals surface area contributed by atoms with E-state index in [-0.39, 0.29) is 21.7 Å². The van der Waals surface area contributed by atoms with Gasteiger partial charge in [-0.3, -0.25) is 19.5 Å². The molecule has 4 rings (SSSR count). The van der Waals surface area contributed by atoms with E-state index in [4.69, 9.17) is 0 Å². The Bertz CT molecular complexity index is 1430. The molecule has 40 heavy (non-hydrogen) atoms. The highest BCUT2D eigenvalue weighted by atomic mass is 32.3. The van der Waals surface area contributed by atoms with Gasteiger partial charge in [-0.05, 0) is 73.8 Å². The summed E-state index contributed by atoms with van der Waals surface area (Å²) in [6, 6.07) is 23.1. The van der Waals surface area contributed by atoms with Gasteiger partial charge in [-0.25, -0.2) is 0 Å². The van der Waals surface area contributed by atoms with Crippen LogP contribution in [0.5, 0.6) is 0 Å². The van der Waals surface area contributed by atoms with E-state index in [1.165, 1.54) is 27.5 Å². The van der Waals surface area contributed by atoms with Crippen molar-refractivity contribution < 1.29 is 39.9 Å². The van der Waals surface area contributed by atoms with Gasteiger partial charge in [0.1, 0.15) is 0 Å². The Kier molecular flexibility index (Phi) is 13.1. The van der Waals surface area contributed by atoms with Crippen LogP contribution in [0.3, 0.4) is 0 Å². The number of benzene rings is 2. The summed E-state index contributed by atoms with van der Waals surface area (Å²) >= 11 is 1.65.